The van der Waals surface area contributed by atoms with Gasteiger partial charge < -0.3 is 50.3 Å². The van der Waals surface area contributed by atoms with Crippen LogP contribution in [-0.4, -0.2) is 52.9 Å². The summed E-state index contributed by atoms with van der Waals surface area (Å²) in [4.78, 5) is 12.7. The van der Waals surface area contributed by atoms with E-state index in [-0.39, 0.29) is 40.4 Å². The summed E-state index contributed by atoms with van der Waals surface area (Å²) in [5.74, 6) is -6.06. The molecule has 11 heteroatoms. The lowest BCUT2D eigenvalue weighted by Crippen LogP contribution is -2.34. The maximum atomic E-state index is 12.7. The molecule has 4 rings (SSSR count). The molecule has 1 aliphatic rings. The number of esters is 1. The first-order valence-corrected chi connectivity index (χ1v) is 9.47. The third-order valence-corrected chi connectivity index (χ3v) is 5.15. The topological polar surface area (TPSA) is 197 Å². The van der Waals surface area contributed by atoms with E-state index in [2.05, 4.69) is 0 Å². The molecule has 0 spiro atoms. The fraction of sp³-hybridized carbons (Fsp3) is 0.136. The highest BCUT2D eigenvalue weighted by molar-refractivity contribution is 5.91. The van der Waals surface area contributed by atoms with Gasteiger partial charge in [0.2, 0.25) is 0 Å². The Labute approximate surface area is 185 Å². The third-order valence-electron chi connectivity index (χ3n) is 5.15. The molecule has 11 nitrogen and oxygen atoms in total. The summed E-state index contributed by atoms with van der Waals surface area (Å²) in [6.07, 6.45) is -2.49. The van der Waals surface area contributed by atoms with Crippen LogP contribution in [0.5, 0.6) is 51.7 Å². The van der Waals surface area contributed by atoms with E-state index in [1.165, 1.54) is 6.07 Å². The zero-order valence-electron chi connectivity index (χ0n) is 16.6. The molecule has 8 N–H and O–H groups in total. The van der Waals surface area contributed by atoms with Crippen LogP contribution in [-0.2, 0) is 11.2 Å². The molecule has 1 heterocycles. The highest BCUT2D eigenvalue weighted by Crippen LogP contribution is 2.46. The van der Waals surface area contributed by atoms with Crippen LogP contribution in [0.4, 0.5) is 0 Å². The quantitative estimate of drug-likeness (QED) is 0.212. The summed E-state index contributed by atoms with van der Waals surface area (Å²) in [5, 5.41) is 78.2. The average Bonchev–Trinajstić information content (AvgIpc) is 2.75. The van der Waals surface area contributed by atoms with Crippen LogP contribution in [0.1, 0.15) is 27.6 Å². The number of ether oxygens (including phenoxy) is 2. The number of phenols is 8. The Morgan fingerprint density at radius 1 is 0.758 bits per heavy atom. The van der Waals surface area contributed by atoms with Crippen LogP contribution in [0.3, 0.4) is 0 Å². The fourth-order valence-corrected chi connectivity index (χ4v) is 3.55. The molecule has 0 aromatic heterocycles. The molecule has 0 fully saturated rings. The predicted octanol–water partition coefficient (Wildman–Crippen LogP) is 2.23. The second kappa shape index (κ2) is 7.79. The number of benzene rings is 3. The van der Waals surface area contributed by atoms with Crippen LogP contribution in [0.25, 0.3) is 0 Å². The highest BCUT2D eigenvalue weighted by atomic mass is 16.6. The van der Waals surface area contributed by atoms with Crippen molar-refractivity contribution in [2.75, 3.05) is 0 Å². The minimum absolute atomic E-state index is 0.0526. The Kier molecular flexibility index (Phi) is 5.09. The van der Waals surface area contributed by atoms with Gasteiger partial charge in [-0.1, -0.05) is 0 Å². The number of hydrogen-bond donors (Lipinski definition) is 8. The molecule has 1 aliphatic heterocycles. The minimum atomic E-state index is -1.18. The van der Waals surface area contributed by atoms with Gasteiger partial charge in [-0.15, -0.1) is 0 Å². The largest absolute Gasteiger partial charge is 0.508 e. The van der Waals surface area contributed by atoms with Gasteiger partial charge in [0.25, 0.3) is 0 Å². The molecule has 1 unspecified atom stereocenters. The number of carbonyl (C=O) groups excluding carboxylic acids is 1. The number of rotatable bonds is 3. The molecule has 0 amide bonds. The van der Waals surface area contributed by atoms with Gasteiger partial charge in [-0.05, 0) is 24.3 Å². The molecule has 3 aromatic rings. The lowest BCUT2D eigenvalue weighted by atomic mass is 9.93. The Balaban J connectivity index is 1.75. The predicted molar refractivity (Wildman–Crippen MR) is 109 cm³/mol. The molecule has 0 aliphatic carbocycles. The van der Waals surface area contributed by atoms with Crippen molar-refractivity contribution < 1.29 is 55.1 Å². The average molecular weight is 458 g/mol. The Morgan fingerprint density at radius 2 is 1.30 bits per heavy atom. The number of fused-ring (bicyclic) bond motifs is 1. The van der Waals surface area contributed by atoms with Gasteiger partial charge in [-0.3, -0.25) is 0 Å². The first kappa shape index (κ1) is 21.6. The number of carbonyl (C=O) groups is 1. The smallest absolute Gasteiger partial charge is 0.338 e. The molecule has 0 bridgehead atoms. The van der Waals surface area contributed by atoms with Gasteiger partial charge in [-0.25, -0.2) is 4.79 Å². The van der Waals surface area contributed by atoms with Crippen LogP contribution in [0.15, 0.2) is 36.4 Å². The zero-order chi connectivity index (χ0) is 24.0. The van der Waals surface area contributed by atoms with Crippen molar-refractivity contribution in [3.63, 3.8) is 0 Å². The lowest BCUT2D eigenvalue weighted by Gasteiger charge is -2.34. The first-order valence-electron chi connectivity index (χ1n) is 9.47. The third kappa shape index (κ3) is 3.87. The molecule has 0 saturated heterocycles. The van der Waals surface area contributed by atoms with Crippen molar-refractivity contribution in [3.05, 3.63) is 53.1 Å². The second-order valence-corrected chi connectivity index (χ2v) is 7.40. The summed E-state index contributed by atoms with van der Waals surface area (Å²) in [6.45, 7) is 0. The first-order chi connectivity index (χ1) is 15.5. The maximum absolute atomic E-state index is 12.7. The summed E-state index contributed by atoms with van der Waals surface area (Å²) in [7, 11) is 0. The van der Waals surface area contributed by atoms with Gasteiger partial charge in [0.15, 0.2) is 40.6 Å². The summed E-state index contributed by atoms with van der Waals surface area (Å²) in [5.41, 5.74) is -0.0189. The van der Waals surface area contributed by atoms with E-state index >= 15 is 0 Å². The van der Waals surface area contributed by atoms with Gasteiger partial charge in [-0.2, -0.15) is 0 Å². The molecule has 33 heavy (non-hydrogen) atoms. The van der Waals surface area contributed by atoms with Crippen molar-refractivity contribution in [1.82, 2.24) is 0 Å². The van der Waals surface area contributed by atoms with E-state index in [1.807, 2.05) is 0 Å². The maximum Gasteiger partial charge on any atom is 0.338 e. The molecular weight excluding hydrogens is 440 g/mol. The second-order valence-electron chi connectivity index (χ2n) is 7.40. The number of phenolic OH excluding ortho intramolecular Hbond substituents is 8. The molecule has 0 saturated carbocycles. The van der Waals surface area contributed by atoms with E-state index in [9.17, 15) is 45.6 Å². The van der Waals surface area contributed by atoms with Crippen molar-refractivity contribution >= 4 is 5.97 Å². The lowest BCUT2D eigenvalue weighted by molar-refractivity contribution is -0.0189. The van der Waals surface area contributed by atoms with Gasteiger partial charge in [0.1, 0.15) is 23.4 Å². The van der Waals surface area contributed by atoms with Crippen LogP contribution in [0, 0.1) is 0 Å². The van der Waals surface area contributed by atoms with Gasteiger partial charge >= 0.3 is 5.97 Å². The van der Waals surface area contributed by atoms with Gasteiger partial charge in [0, 0.05) is 29.7 Å². The summed E-state index contributed by atoms with van der Waals surface area (Å²) in [6, 6.07) is 6.18. The van der Waals surface area contributed by atoms with Crippen molar-refractivity contribution in [1.29, 1.82) is 0 Å². The minimum Gasteiger partial charge on any atom is -0.508 e. The Morgan fingerprint density at radius 3 is 1.88 bits per heavy atom. The fourth-order valence-electron chi connectivity index (χ4n) is 3.55. The summed E-state index contributed by atoms with van der Waals surface area (Å²) >= 11 is 0. The van der Waals surface area contributed by atoms with Crippen molar-refractivity contribution in [3.8, 4) is 51.7 Å². The SMILES string of the molecule is O=C(OC1Cc2c(O)cc(O)cc2O[C@H]1c1cc(O)c(O)c(O)c1)c1cc(O)c(O)c(O)c1. The molecule has 0 radical (unpaired) electrons. The molecular formula is C22H18O11. The van der Waals surface area contributed by atoms with E-state index in [0.717, 1.165) is 30.3 Å². The van der Waals surface area contributed by atoms with Crippen LogP contribution in [0.2, 0.25) is 0 Å². The standard InChI is InChI=1S/C22H18O11/c23-10-5-12(24)11-7-18(33-22(31)9-3-15(27)20(30)16(28)4-9)21(32-17(11)6-10)8-1-13(25)19(29)14(26)2-8/h1-6,18,21,23-30H,7H2/t18?,21-/m0/s1. The van der Waals surface area contributed by atoms with Gasteiger partial charge in [0.05, 0.1) is 5.56 Å². The normalized spacial score (nSPS) is 17.1. The zero-order valence-corrected chi connectivity index (χ0v) is 16.6. The van der Waals surface area contributed by atoms with E-state index in [4.69, 9.17) is 9.47 Å². The monoisotopic (exact) mass is 458 g/mol. The Hall–Kier alpha value is -4.67. The van der Waals surface area contributed by atoms with Crippen LogP contribution >= 0.6 is 0 Å². The van der Waals surface area contributed by atoms with Crippen molar-refractivity contribution in [2.24, 2.45) is 0 Å². The molecule has 2 atom stereocenters. The Bertz CT molecular complexity index is 1220. The highest BCUT2D eigenvalue weighted by Gasteiger charge is 2.37. The number of aromatic hydroxyl groups is 8. The summed E-state index contributed by atoms with van der Waals surface area (Å²) < 4.78 is 11.3. The molecule has 172 valence electrons. The van der Waals surface area contributed by atoms with Crippen LogP contribution < -0.4 is 4.74 Å². The van der Waals surface area contributed by atoms with E-state index in [0.29, 0.717) is 0 Å². The van der Waals surface area contributed by atoms with Crippen molar-refractivity contribution in [2.45, 2.75) is 18.6 Å². The van der Waals surface area contributed by atoms with E-state index in [1.54, 1.807) is 0 Å². The number of hydrogen-bond acceptors (Lipinski definition) is 11. The molecule has 3 aromatic carbocycles. The van der Waals surface area contributed by atoms with E-state index < -0.39 is 52.7 Å².